The first-order valence-electron chi connectivity index (χ1n) is 9.47. The van der Waals surface area contributed by atoms with Gasteiger partial charge < -0.3 is 19.9 Å². The van der Waals surface area contributed by atoms with Gasteiger partial charge in [0, 0.05) is 18.8 Å². The Balaban J connectivity index is 1.81. The second-order valence-electron chi connectivity index (χ2n) is 6.63. The van der Waals surface area contributed by atoms with Gasteiger partial charge in [-0.2, -0.15) is 0 Å². The van der Waals surface area contributed by atoms with Gasteiger partial charge in [0.15, 0.2) is 5.82 Å². The number of carbonyl (C=O) groups is 2. The highest BCUT2D eigenvalue weighted by Gasteiger charge is 2.27. The molecular weight excluding hydrogens is 344 g/mol. The number of benzene rings is 1. The fourth-order valence-corrected chi connectivity index (χ4v) is 3.22. The number of nitrogens with zero attached hydrogens (tertiary/aromatic N) is 2. The Morgan fingerprint density at radius 3 is 2.67 bits per heavy atom. The molecule has 1 aliphatic heterocycles. The second-order valence-corrected chi connectivity index (χ2v) is 6.63. The average molecular weight is 370 g/mol. The molecule has 0 saturated carbocycles. The van der Waals surface area contributed by atoms with Crippen LogP contribution in [0.25, 0.3) is 0 Å². The molecule has 0 aliphatic carbocycles. The van der Waals surface area contributed by atoms with Crippen LogP contribution in [0.3, 0.4) is 0 Å². The standard InChI is InChI=1S/C20H26N4O3/c1-3-4-12-21-19(25)17-16-7-5-6-13-24(16)18(23-17)20(26)22-14-8-10-15(27-2)11-9-14/h8-11H,3-7,12-13H2,1-2H3,(H,21,25)(H,22,26). The van der Waals surface area contributed by atoms with Crippen LogP contribution in [-0.4, -0.2) is 35.0 Å². The molecule has 0 spiro atoms. The number of imidazole rings is 1. The summed E-state index contributed by atoms with van der Waals surface area (Å²) >= 11 is 0. The second kappa shape index (κ2) is 8.70. The van der Waals surface area contributed by atoms with E-state index < -0.39 is 0 Å². The largest absolute Gasteiger partial charge is 0.497 e. The molecule has 27 heavy (non-hydrogen) atoms. The fourth-order valence-electron chi connectivity index (χ4n) is 3.22. The summed E-state index contributed by atoms with van der Waals surface area (Å²) < 4.78 is 7.02. The molecule has 2 amide bonds. The van der Waals surface area contributed by atoms with Gasteiger partial charge in [0.2, 0.25) is 0 Å². The number of rotatable bonds is 7. The summed E-state index contributed by atoms with van der Waals surface area (Å²) in [6, 6.07) is 7.11. The number of hydrogen-bond donors (Lipinski definition) is 2. The molecule has 0 bridgehead atoms. The van der Waals surface area contributed by atoms with Crippen molar-refractivity contribution in [3.63, 3.8) is 0 Å². The summed E-state index contributed by atoms with van der Waals surface area (Å²) in [5.74, 6) is 0.506. The maximum Gasteiger partial charge on any atom is 0.291 e. The van der Waals surface area contributed by atoms with Gasteiger partial charge in [-0.3, -0.25) is 9.59 Å². The lowest BCUT2D eigenvalue weighted by atomic mass is 10.1. The van der Waals surface area contributed by atoms with Crippen molar-refractivity contribution in [1.82, 2.24) is 14.9 Å². The van der Waals surface area contributed by atoms with Gasteiger partial charge in [-0.05, 0) is 49.9 Å². The molecule has 0 fully saturated rings. The third kappa shape index (κ3) is 4.30. The maximum absolute atomic E-state index is 12.8. The predicted molar refractivity (Wildman–Crippen MR) is 103 cm³/mol. The number of unbranched alkanes of at least 4 members (excludes halogenated alkanes) is 1. The summed E-state index contributed by atoms with van der Waals surface area (Å²) in [5, 5.41) is 5.76. The molecule has 3 rings (SSSR count). The van der Waals surface area contributed by atoms with Crippen LogP contribution in [0.1, 0.15) is 59.4 Å². The van der Waals surface area contributed by atoms with Crippen molar-refractivity contribution in [1.29, 1.82) is 0 Å². The number of carbonyl (C=O) groups excluding carboxylic acids is 2. The van der Waals surface area contributed by atoms with Crippen LogP contribution in [0.2, 0.25) is 0 Å². The van der Waals surface area contributed by atoms with Crippen LogP contribution in [0.4, 0.5) is 5.69 Å². The summed E-state index contributed by atoms with van der Waals surface area (Å²) in [4.78, 5) is 29.7. The van der Waals surface area contributed by atoms with Crippen molar-refractivity contribution in [2.45, 2.75) is 45.6 Å². The molecule has 2 N–H and O–H groups in total. The Bertz CT molecular complexity index is 811. The minimum atomic E-state index is -0.309. The van der Waals surface area contributed by atoms with Gasteiger partial charge in [-0.15, -0.1) is 0 Å². The number of fused-ring (bicyclic) bond motifs is 1. The number of anilines is 1. The van der Waals surface area contributed by atoms with Crippen LogP contribution in [0, 0.1) is 0 Å². The van der Waals surface area contributed by atoms with Crippen LogP contribution in [0.15, 0.2) is 24.3 Å². The number of hydrogen-bond acceptors (Lipinski definition) is 4. The lowest BCUT2D eigenvalue weighted by molar-refractivity contribution is 0.0947. The third-order valence-corrected chi connectivity index (χ3v) is 4.70. The lowest BCUT2D eigenvalue weighted by Gasteiger charge is -2.17. The minimum Gasteiger partial charge on any atom is -0.497 e. The molecule has 0 unspecified atom stereocenters. The number of amides is 2. The Labute approximate surface area is 159 Å². The molecule has 2 aromatic rings. The van der Waals surface area contributed by atoms with Gasteiger partial charge in [0.25, 0.3) is 11.8 Å². The first-order valence-corrected chi connectivity index (χ1v) is 9.47. The van der Waals surface area contributed by atoms with Gasteiger partial charge >= 0.3 is 0 Å². The Kier molecular flexibility index (Phi) is 6.11. The zero-order valence-electron chi connectivity index (χ0n) is 15.9. The van der Waals surface area contributed by atoms with Crippen LogP contribution < -0.4 is 15.4 Å². The SMILES string of the molecule is CCCCNC(=O)c1nc(C(=O)Nc2ccc(OC)cc2)n2c1CCCC2. The van der Waals surface area contributed by atoms with E-state index in [-0.39, 0.29) is 11.8 Å². The quantitative estimate of drug-likeness (QED) is 0.734. The zero-order valence-corrected chi connectivity index (χ0v) is 15.9. The molecule has 0 saturated heterocycles. The van der Waals surface area contributed by atoms with Crippen molar-refractivity contribution in [2.75, 3.05) is 19.0 Å². The van der Waals surface area contributed by atoms with Gasteiger partial charge in [0.05, 0.1) is 12.8 Å². The minimum absolute atomic E-state index is 0.197. The fraction of sp³-hybridized carbons (Fsp3) is 0.450. The van der Waals surface area contributed by atoms with E-state index in [0.717, 1.165) is 43.5 Å². The van der Waals surface area contributed by atoms with Crippen LogP contribution >= 0.6 is 0 Å². The summed E-state index contributed by atoms with van der Waals surface area (Å²) in [6.07, 6.45) is 4.67. The number of nitrogens with one attached hydrogen (secondary N) is 2. The van der Waals surface area contributed by atoms with Gasteiger partial charge in [0.1, 0.15) is 11.4 Å². The summed E-state index contributed by atoms with van der Waals surface area (Å²) in [6.45, 7) is 3.40. The molecule has 0 radical (unpaired) electrons. The van der Waals surface area contributed by atoms with Crippen molar-refractivity contribution in [3.8, 4) is 5.75 Å². The summed E-state index contributed by atoms with van der Waals surface area (Å²) in [7, 11) is 1.59. The smallest absolute Gasteiger partial charge is 0.291 e. The number of methoxy groups -OCH3 is 1. The molecule has 1 aliphatic rings. The number of ether oxygens (including phenoxy) is 1. The molecule has 1 aromatic heterocycles. The Morgan fingerprint density at radius 2 is 1.96 bits per heavy atom. The van der Waals surface area contributed by atoms with Crippen molar-refractivity contribution >= 4 is 17.5 Å². The highest BCUT2D eigenvalue weighted by atomic mass is 16.5. The topological polar surface area (TPSA) is 85.2 Å². The van der Waals surface area contributed by atoms with E-state index in [0.29, 0.717) is 30.3 Å². The lowest BCUT2D eigenvalue weighted by Crippen LogP contribution is -2.26. The molecule has 2 heterocycles. The van der Waals surface area contributed by atoms with Crippen molar-refractivity contribution < 1.29 is 14.3 Å². The molecule has 1 aromatic carbocycles. The van der Waals surface area contributed by atoms with Crippen molar-refractivity contribution in [2.24, 2.45) is 0 Å². The first kappa shape index (κ1) is 18.9. The normalized spacial score (nSPS) is 13.0. The Morgan fingerprint density at radius 1 is 1.19 bits per heavy atom. The molecule has 144 valence electrons. The number of aromatic nitrogens is 2. The predicted octanol–water partition coefficient (Wildman–Crippen LogP) is 3.01. The maximum atomic E-state index is 12.8. The van der Waals surface area contributed by atoms with E-state index >= 15 is 0 Å². The zero-order chi connectivity index (χ0) is 19.2. The Hall–Kier alpha value is -2.83. The average Bonchev–Trinajstić information content (AvgIpc) is 3.09. The third-order valence-electron chi connectivity index (χ3n) is 4.70. The monoisotopic (exact) mass is 370 g/mol. The first-order chi connectivity index (χ1) is 13.1. The van der Waals surface area contributed by atoms with Crippen LogP contribution in [0.5, 0.6) is 5.75 Å². The van der Waals surface area contributed by atoms with E-state index in [4.69, 9.17) is 4.74 Å². The van der Waals surface area contributed by atoms with E-state index in [1.54, 1.807) is 31.4 Å². The molecular formula is C20H26N4O3. The summed E-state index contributed by atoms with van der Waals surface area (Å²) in [5.41, 5.74) is 1.89. The van der Waals surface area contributed by atoms with E-state index in [9.17, 15) is 9.59 Å². The molecule has 0 atom stereocenters. The van der Waals surface area contributed by atoms with E-state index in [2.05, 4.69) is 22.5 Å². The van der Waals surface area contributed by atoms with Gasteiger partial charge in [-0.25, -0.2) is 4.98 Å². The highest BCUT2D eigenvalue weighted by molar-refractivity contribution is 6.03. The van der Waals surface area contributed by atoms with E-state index in [1.165, 1.54) is 0 Å². The highest BCUT2D eigenvalue weighted by Crippen LogP contribution is 2.22. The van der Waals surface area contributed by atoms with Crippen molar-refractivity contribution in [3.05, 3.63) is 41.5 Å². The van der Waals surface area contributed by atoms with Gasteiger partial charge in [-0.1, -0.05) is 13.3 Å². The van der Waals surface area contributed by atoms with E-state index in [1.807, 2.05) is 4.57 Å². The molecule has 7 heteroatoms. The van der Waals surface area contributed by atoms with Crippen LogP contribution in [-0.2, 0) is 13.0 Å². The molecule has 7 nitrogen and oxygen atoms in total.